The van der Waals surface area contributed by atoms with Gasteiger partial charge in [0.25, 0.3) is 0 Å². The Morgan fingerprint density at radius 2 is 2.10 bits per heavy atom. The lowest BCUT2D eigenvalue weighted by Crippen LogP contribution is -2.51. The van der Waals surface area contributed by atoms with E-state index in [0.717, 1.165) is 24.8 Å². The summed E-state index contributed by atoms with van der Waals surface area (Å²) in [5.74, 6) is -0.0394. The Morgan fingerprint density at radius 3 is 2.60 bits per heavy atom. The predicted octanol–water partition coefficient (Wildman–Crippen LogP) is 2.05. The Morgan fingerprint density at radius 1 is 1.45 bits per heavy atom. The molecule has 1 saturated carbocycles. The van der Waals surface area contributed by atoms with E-state index in [1.54, 1.807) is 6.92 Å². The molecule has 1 aliphatic carbocycles. The van der Waals surface area contributed by atoms with Gasteiger partial charge in [0.15, 0.2) is 0 Å². The average Bonchev–Trinajstić information content (AvgIpc) is 3.21. The van der Waals surface area contributed by atoms with Gasteiger partial charge < -0.3 is 10.1 Å². The van der Waals surface area contributed by atoms with Crippen LogP contribution in [0.25, 0.3) is 0 Å². The van der Waals surface area contributed by atoms with E-state index >= 15 is 0 Å². The molecule has 0 aromatic heterocycles. The fraction of sp³-hybridized carbons (Fsp3) is 0.500. The molecule has 1 aromatic carbocycles. The molecule has 0 heterocycles. The molecule has 4 heteroatoms. The second-order valence-corrected chi connectivity index (χ2v) is 5.77. The minimum Gasteiger partial charge on any atom is -0.381 e. The maximum Gasteiger partial charge on any atom is 0.227 e. The number of nitrogens with zero attached hydrogens (tertiary/aromatic N) is 1. The quantitative estimate of drug-likeness (QED) is 0.862. The van der Waals surface area contributed by atoms with E-state index in [2.05, 4.69) is 11.4 Å². The van der Waals surface area contributed by atoms with Crippen molar-refractivity contribution in [3.63, 3.8) is 0 Å². The zero-order chi connectivity index (χ0) is 14.6. The third kappa shape index (κ3) is 3.17. The zero-order valence-corrected chi connectivity index (χ0v) is 12.0. The molecule has 106 valence electrons. The maximum atomic E-state index is 12.5. The van der Waals surface area contributed by atoms with Gasteiger partial charge in [0, 0.05) is 7.11 Å². The number of hydrogen-bond acceptors (Lipinski definition) is 3. The van der Waals surface area contributed by atoms with Gasteiger partial charge in [-0.1, -0.05) is 30.3 Å². The van der Waals surface area contributed by atoms with E-state index in [1.807, 2.05) is 30.3 Å². The van der Waals surface area contributed by atoms with Crippen molar-refractivity contribution in [2.45, 2.75) is 31.7 Å². The van der Waals surface area contributed by atoms with Crippen molar-refractivity contribution < 1.29 is 9.53 Å². The molecule has 4 nitrogen and oxygen atoms in total. The molecule has 0 bridgehead atoms. The number of carbonyl (C=O) groups excluding carboxylic acids is 1. The fourth-order valence-electron chi connectivity index (χ4n) is 2.39. The zero-order valence-electron chi connectivity index (χ0n) is 12.0. The molecule has 0 spiro atoms. The molecule has 1 atom stereocenters. The third-order valence-electron chi connectivity index (χ3n) is 3.79. The first kappa shape index (κ1) is 14.5. The van der Waals surface area contributed by atoms with Crippen LogP contribution in [0.5, 0.6) is 0 Å². The molecule has 0 radical (unpaired) electrons. The Balaban J connectivity index is 2.04. The van der Waals surface area contributed by atoms with Crippen LogP contribution in [0.15, 0.2) is 30.3 Å². The largest absolute Gasteiger partial charge is 0.381 e. The molecular formula is C16H20N2O2. The highest BCUT2D eigenvalue weighted by atomic mass is 16.5. The molecule has 1 amide bonds. The molecule has 0 aliphatic heterocycles. The van der Waals surface area contributed by atoms with Crippen LogP contribution in [0.4, 0.5) is 0 Å². The van der Waals surface area contributed by atoms with Crippen LogP contribution in [-0.2, 0) is 16.0 Å². The molecule has 1 aromatic rings. The average molecular weight is 272 g/mol. The highest BCUT2D eigenvalue weighted by Crippen LogP contribution is 2.48. The lowest BCUT2D eigenvalue weighted by atomic mass is 9.94. The summed E-state index contributed by atoms with van der Waals surface area (Å²) in [6.45, 7) is 1.88. The van der Waals surface area contributed by atoms with Gasteiger partial charge in [-0.2, -0.15) is 5.26 Å². The number of rotatable bonds is 6. The number of benzene rings is 1. The number of amides is 1. The minimum absolute atomic E-state index is 0.0394. The summed E-state index contributed by atoms with van der Waals surface area (Å²) >= 11 is 0. The van der Waals surface area contributed by atoms with Crippen molar-refractivity contribution in [3.8, 4) is 6.07 Å². The maximum absolute atomic E-state index is 12.5. The normalized spacial score (nSPS) is 18.6. The molecular weight excluding hydrogens is 252 g/mol. The summed E-state index contributed by atoms with van der Waals surface area (Å²) in [6.07, 6.45) is 2.48. The van der Waals surface area contributed by atoms with Crippen molar-refractivity contribution in [1.29, 1.82) is 5.26 Å². The van der Waals surface area contributed by atoms with E-state index in [0.29, 0.717) is 0 Å². The van der Waals surface area contributed by atoms with Crippen molar-refractivity contribution >= 4 is 5.91 Å². The first-order valence-corrected chi connectivity index (χ1v) is 6.80. The van der Waals surface area contributed by atoms with Crippen LogP contribution >= 0.6 is 0 Å². The van der Waals surface area contributed by atoms with Crippen LogP contribution < -0.4 is 5.32 Å². The second-order valence-electron chi connectivity index (χ2n) is 5.77. The van der Waals surface area contributed by atoms with Crippen LogP contribution in [0.3, 0.4) is 0 Å². The van der Waals surface area contributed by atoms with Gasteiger partial charge in [0.1, 0.15) is 5.54 Å². The first-order chi connectivity index (χ1) is 9.53. The summed E-state index contributed by atoms with van der Waals surface area (Å²) in [5, 5.41) is 12.0. The number of nitriles is 1. The van der Waals surface area contributed by atoms with Gasteiger partial charge in [-0.3, -0.25) is 4.79 Å². The monoisotopic (exact) mass is 272 g/mol. The Hall–Kier alpha value is -1.86. The third-order valence-corrected chi connectivity index (χ3v) is 3.79. The summed E-state index contributed by atoms with van der Waals surface area (Å²) in [7, 11) is 1.53. The highest BCUT2D eigenvalue weighted by Gasteiger charge is 2.51. The Labute approximate surface area is 119 Å². The lowest BCUT2D eigenvalue weighted by Gasteiger charge is -2.25. The first-order valence-electron chi connectivity index (χ1n) is 6.80. The number of nitrogens with one attached hydrogen (secondary N) is 1. The molecule has 0 saturated heterocycles. The van der Waals surface area contributed by atoms with E-state index in [9.17, 15) is 10.1 Å². The van der Waals surface area contributed by atoms with Crippen molar-refractivity contribution in [3.05, 3.63) is 35.9 Å². The standard InChI is InChI=1S/C16H20N2O2/c1-15(11-17,12-20-2)18-14(19)16(8-9-16)10-13-6-4-3-5-7-13/h3-7H,8-10,12H2,1-2H3,(H,18,19)/t15-/m1/s1. The van der Waals surface area contributed by atoms with E-state index in [4.69, 9.17) is 4.74 Å². The van der Waals surface area contributed by atoms with E-state index in [1.165, 1.54) is 7.11 Å². The molecule has 2 rings (SSSR count). The molecule has 0 unspecified atom stereocenters. The van der Waals surface area contributed by atoms with Gasteiger partial charge in [-0.05, 0) is 31.7 Å². The van der Waals surface area contributed by atoms with Gasteiger partial charge in [0.05, 0.1) is 18.1 Å². The predicted molar refractivity (Wildman–Crippen MR) is 75.8 cm³/mol. The van der Waals surface area contributed by atoms with E-state index in [-0.39, 0.29) is 17.9 Å². The van der Waals surface area contributed by atoms with Crippen LogP contribution in [-0.4, -0.2) is 25.2 Å². The Bertz CT molecular complexity index is 517. The van der Waals surface area contributed by atoms with Crippen LogP contribution in [0, 0.1) is 16.7 Å². The molecule has 1 N–H and O–H groups in total. The number of carbonyl (C=O) groups is 1. The highest BCUT2D eigenvalue weighted by molar-refractivity contribution is 5.86. The van der Waals surface area contributed by atoms with Crippen molar-refractivity contribution in [2.75, 3.05) is 13.7 Å². The van der Waals surface area contributed by atoms with Crippen LogP contribution in [0.1, 0.15) is 25.3 Å². The molecule has 1 fully saturated rings. The van der Waals surface area contributed by atoms with Crippen LogP contribution in [0.2, 0.25) is 0 Å². The smallest absolute Gasteiger partial charge is 0.227 e. The topological polar surface area (TPSA) is 62.1 Å². The summed E-state index contributed by atoms with van der Waals surface area (Å²) in [6, 6.07) is 12.1. The Kier molecular flexibility index (Phi) is 4.10. The summed E-state index contributed by atoms with van der Waals surface area (Å²) in [4.78, 5) is 12.5. The van der Waals surface area contributed by atoms with E-state index < -0.39 is 5.54 Å². The fourth-order valence-corrected chi connectivity index (χ4v) is 2.39. The van der Waals surface area contributed by atoms with Gasteiger partial charge in [-0.25, -0.2) is 0 Å². The van der Waals surface area contributed by atoms with Crippen molar-refractivity contribution in [1.82, 2.24) is 5.32 Å². The van der Waals surface area contributed by atoms with Gasteiger partial charge in [-0.15, -0.1) is 0 Å². The van der Waals surface area contributed by atoms with Gasteiger partial charge >= 0.3 is 0 Å². The molecule has 1 aliphatic rings. The lowest BCUT2D eigenvalue weighted by molar-refractivity contribution is -0.128. The number of hydrogen-bond donors (Lipinski definition) is 1. The van der Waals surface area contributed by atoms with Crippen molar-refractivity contribution in [2.24, 2.45) is 5.41 Å². The molecule has 20 heavy (non-hydrogen) atoms. The SMILES string of the molecule is COC[C@@](C)(C#N)NC(=O)C1(Cc2ccccc2)CC1. The number of ether oxygens (including phenoxy) is 1. The minimum atomic E-state index is -0.960. The second kappa shape index (κ2) is 5.64. The van der Waals surface area contributed by atoms with Gasteiger partial charge in [0.2, 0.25) is 5.91 Å². The summed E-state index contributed by atoms with van der Waals surface area (Å²) in [5.41, 5.74) is -0.142. The number of methoxy groups -OCH3 is 1. The summed E-state index contributed by atoms with van der Waals surface area (Å²) < 4.78 is 5.01.